The van der Waals surface area contributed by atoms with E-state index in [1.807, 2.05) is 0 Å². The fourth-order valence-corrected chi connectivity index (χ4v) is 5.06. The summed E-state index contributed by atoms with van der Waals surface area (Å²) in [6, 6.07) is 7.99. The van der Waals surface area contributed by atoms with Crippen molar-refractivity contribution in [3.63, 3.8) is 0 Å². The lowest BCUT2D eigenvalue weighted by Crippen LogP contribution is -2.51. The number of benzene rings is 1. The molecular weight excluding hydrogens is 487 g/mol. The van der Waals surface area contributed by atoms with Gasteiger partial charge in [0.15, 0.2) is 5.96 Å². The maximum Gasteiger partial charge on any atom is 0.191 e. The second-order valence-electron chi connectivity index (χ2n) is 8.80. The summed E-state index contributed by atoms with van der Waals surface area (Å²) in [5.74, 6) is 2.04. The van der Waals surface area contributed by atoms with E-state index >= 15 is 0 Å². The van der Waals surface area contributed by atoms with Gasteiger partial charge >= 0.3 is 0 Å². The molecule has 0 aromatic heterocycles. The van der Waals surface area contributed by atoms with Crippen LogP contribution in [0.4, 0.5) is 0 Å². The second-order valence-corrected chi connectivity index (χ2v) is 8.80. The fraction of sp³-hybridized carbons (Fsp3) is 0.708. The van der Waals surface area contributed by atoms with Crippen LogP contribution < -0.4 is 15.4 Å². The van der Waals surface area contributed by atoms with Crippen LogP contribution in [-0.2, 0) is 12.8 Å². The lowest BCUT2D eigenvalue weighted by Gasteiger charge is -2.39. The summed E-state index contributed by atoms with van der Waals surface area (Å²) in [6.07, 6.45) is 11.6. The average molecular weight is 527 g/mol. The van der Waals surface area contributed by atoms with Gasteiger partial charge in [0.25, 0.3) is 0 Å². The molecule has 1 saturated carbocycles. The van der Waals surface area contributed by atoms with Crippen LogP contribution in [0, 0.1) is 0 Å². The predicted molar refractivity (Wildman–Crippen MR) is 135 cm³/mol. The molecule has 6 heteroatoms. The fourth-order valence-electron chi connectivity index (χ4n) is 5.06. The second kappa shape index (κ2) is 12.1. The number of nitrogens with one attached hydrogen (secondary N) is 2. The molecule has 0 spiro atoms. The molecule has 0 radical (unpaired) electrons. The van der Waals surface area contributed by atoms with Crippen LogP contribution in [0.5, 0.6) is 5.75 Å². The molecule has 4 rings (SSSR count). The lowest BCUT2D eigenvalue weighted by molar-refractivity contribution is 0.119. The van der Waals surface area contributed by atoms with Crippen molar-refractivity contribution in [1.82, 2.24) is 15.5 Å². The number of rotatable bonds is 6. The summed E-state index contributed by atoms with van der Waals surface area (Å²) in [6.45, 7) is 7.16. The molecule has 1 aliphatic carbocycles. The zero-order valence-corrected chi connectivity index (χ0v) is 20.8. The maximum absolute atomic E-state index is 5.61. The van der Waals surface area contributed by atoms with Gasteiger partial charge in [-0.2, -0.15) is 0 Å². The van der Waals surface area contributed by atoms with Gasteiger partial charge in [-0.05, 0) is 56.2 Å². The van der Waals surface area contributed by atoms with Crippen LogP contribution in [-0.4, -0.2) is 55.7 Å². The number of halogens is 1. The van der Waals surface area contributed by atoms with Crippen LogP contribution in [0.2, 0.25) is 0 Å². The van der Waals surface area contributed by atoms with Gasteiger partial charge in [0, 0.05) is 44.7 Å². The molecule has 3 aliphatic rings. The number of hydrogen-bond acceptors (Lipinski definition) is 3. The highest BCUT2D eigenvalue weighted by Gasteiger charge is 2.26. The molecule has 1 aromatic carbocycles. The van der Waals surface area contributed by atoms with Gasteiger partial charge in [-0.3, -0.25) is 4.99 Å². The molecule has 0 unspecified atom stereocenters. The van der Waals surface area contributed by atoms with Crippen LogP contribution in [0.15, 0.2) is 23.2 Å². The molecule has 0 bridgehead atoms. The maximum atomic E-state index is 5.61. The molecule has 0 amide bonds. The van der Waals surface area contributed by atoms with Crippen molar-refractivity contribution < 1.29 is 4.74 Å². The standard InChI is InChI=1S/C24H38N4O.HI/c1-2-25-24(26-14-10-19-8-9-23-20(18-19)13-17-29-23)27-21-11-15-28(16-12-21)22-6-4-3-5-7-22;/h8-9,18,21-22H,2-7,10-17H2,1H3,(H2,25,26,27);1H. The van der Waals surface area contributed by atoms with E-state index in [4.69, 9.17) is 9.73 Å². The van der Waals surface area contributed by atoms with Gasteiger partial charge in [0.2, 0.25) is 0 Å². The lowest BCUT2D eigenvalue weighted by atomic mass is 9.92. The number of ether oxygens (including phenoxy) is 1. The number of fused-ring (bicyclic) bond motifs is 1. The first-order valence-corrected chi connectivity index (χ1v) is 11.9. The van der Waals surface area contributed by atoms with Gasteiger partial charge in [-0.1, -0.05) is 31.4 Å². The highest BCUT2D eigenvalue weighted by molar-refractivity contribution is 14.0. The first-order chi connectivity index (χ1) is 14.3. The Balaban J connectivity index is 0.00000256. The van der Waals surface area contributed by atoms with Gasteiger partial charge in [-0.15, -0.1) is 24.0 Å². The molecule has 2 aliphatic heterocycles. The van der Waals surface area contributed by atoms with E-state index in [-0.39, 0.29) is 24.0 Å². The van der Waals surface area contributed by atoms with Crippen LogP contribution in [0.25, 0.3) is 0 Å². The Morgan fingerprint density at radius 2 is 1.93 bits per heavy atom. The Labute approximate surface area is 199 Å². The predicted octanol–water partition coefficient (Wildman–Crippen LogP) is 4.13. The minimum absolute atomic E-state index is 0. The Hall–Kier alpha value is -1.02. The Morgan fingerprint density at radius 1 is 1.13 bits per heavy atom. The molecule has 5 nitrogen and oxygen atoms in total. The molecule has 30 heavy (non-hydrogen) atoms. The molecular formula is C24H39IN4O. The summed E-state index contributed by atoms with van der Waals surface area (Å²) in [5.41, 5.74) is 2.70. The average Bonchev–Trinajstić information content (AvgIpc) is 3.23. The molecule has 1 aromatic rings. The van der Waals surface area contributed by atoms with Crippen molar-refractivity contribution in [3.05, 3.63) is 29.3 Å². The van der Waals surface area contributed by atoms with Crippen molar-refractivity contribution in [2.45, 2.75) is 76.8 Å². The molecule has 2 fully saturated rings. The molecule has 2 N–H and O–H groups in total. The highest BCUT2D eigenvalue weighted by Crippen LogP contribution is 2.26. The monoisotopic (exact) mass is 526 g/mol. The number of hydrogen-bond donors (Lipinski definition) is 2. The topological polar surface area (TPSA) is 48.9 Å². The van der Waals surface area contributed by atoms with E-state index in [1.165, 1.54) is 69.2 Å². The van der Waals surface area contributed by atoms with E-state index in [0.29, 0.717) is 6.04 Å². The summed E-state index contributed by atoms with van der Waals surface area (Å²) in [5, 5.41) is 7.14. The number of aliphatic imine (C=N–C) groups is 1. The van der Waals surface area contributed by atoms with Crippen molar-refractivity contribution in [2.75, 3.05) is 32.8 Å². The van der Waals surface area contributed by atoms with Crippen molar-refractivity contribution >= 4 is 29.9 Å². The van der Waals surface area contributed by atoms with E-state index in [0.717, 1.165) is 50.3 Å². The largest absolute Gasteiger partial charge is 0.493 e. The third kappa shape index (κ3) is 6.49. The van der Waals surface area contributed by atoms with Crippen molar-refractivity contribution in [2.24, 2.45) is 4.99 Å². The summed E-state index contributed by atoms with van der Waals surface area (Å²) in [7, 11) is 0. The van der Waals surface area contributed by atoms with Gasteiger partial charge < -0.3 is 20.3 Å². The van der Waals surface area contributed by atoms with Crippen LogP contribution in [0.1, 0.15) is 63.0 Å². The zero-order valence-electron chi connectivity index (χ0n) is 18.5. The van der Waals surface area contributed by atoms with Crippen LogP contribution in [0.3, 0.4) is 0 Å². The molecule has 168 valence electrons. The SMILES string of the molecule is CCNC(=NCCc1ccc2c(c1)CCO2)NC1CCN(C2CCCCC2)CC1.I. The minimum atomic E-state index is 0. The van der Waals surface area contributed by atoms with Gasteiger partial charge in [-0.25, -0.2) is 0 Å². The summed E-state index contributed by atoms with van der Waals surface area (Å²) in [4.78, 5) is 7.60. The van der Waals surface area contributed by atoms with Crippen molar-refractivity contribution in [3.8, 4) is 5.75 Å². The van der Waals surface area contributed by atoms with Gasteiger partial charge in [0.05, 0.1) is 6.61 Å². The minimum Gasteiger partial charge on any atom is -0.493 e. The Bertz CT molecular complexity index is 682. The third-order valence-corrected chi connectivity index (χ3v) is 6.73. The Kier molecular flexibility index (Phi) is 9.56. The van der Waals surface area contributed by atoms with E-state index < -0.39 is 0 Å². The number of piperidine rings is 1. The van der Waals surface area contributed by atoms with Gasteiger partial charge in [0.1, 0.15) is 5.75 Å². The third-order valence-electron chi connectivity index (χ3n) is 6.73. The van der Waals surface area contributed by atoms with E-state index in [2.05, 4.69) is 40.7 Å². The zero-order chi connectivity index (χ0) is 19.9. The van der Waals surface area contributed by atoms with E-state index in [9.17, 15) is 0 Å². The number of guanidine groups is 1. The normalized spacial score (nSPS) is 20.9. The smallest absolute Gasteiger partial charge is 0.191 e. The van der Waals surface area contributed by atoms with E-state index in [1.54, 1.807) is 0 Å². The number of likely N-dealkylation sites (tertiary alicyclic amines) is 1. The highest BCUT2D eigenvalue weighted by atomic mass is 127. The molecule has 1 saturated heterocycles. The number of nitrogens with zero attached hydrogens (tertiary/aromatic N) is 2. The molecule has 2 heterocycles. The summed E-state index contributed by atoms with van der Waals surface area (Å²) >= 11 is 0. The summed E-state index contributed by atoms with van der Waals surface area (Å²) < 4.78 is 5.61. The first-order valence-electron chi connectivity index (χ1n) is 11.9. The quantitative estimate of drug-likeness (QED) is 0.333. The Morgan fingerprint density at radius 3 is 2.70 bits per heavy atom. The first kappa shape index (κ1) is 23.6. The molecule has 0 atom stereocenters. The van der Waals surface area contributed by atoms with Crippen LogP contribution >= 0.6 is 24.0 Å². The van der Waals surface area contributed by atoms with Crippen molar-refractivity contribution in [1.29, 1.82) is 0 Å².